The predicted molar refractivity (Wildman–Crippen MR) is 88.0 cm³/mol. The fourth-order valence-electron chi connectivity index (χ4n) is 2.92. The maximum Gasteiger partial charge on any atom is 0.311 e. The highest BCUT2D eigenvalue weighted by Crippen LogP contribution is 2.37. The average Bonchev–Trinajstić information content (AvgIpc) is 3.19. The first kappa shape index (κ1) is 17.1. The number of fused-ring (bicyclic) bond motifs is 1. The first-order valence-electron chi connectivity index (χ1n) is 8.27. The van der Waals surface area contributed by atoms with Crippen LogP contribution in [-0.2, 0) is 14.3 Å². The Hall–Kier alpha value is -2.75. The molecule has 2 unspecified atom stereocenters. The van der Waals surface area contributed by atoms with Gasteiger partial charge in [-0.25, -0.2) is 0 Å². The number of esters is 1. The molecule has 2 aliphatic heterocycles. The Bertz CT molecular complexity index is 725. The first-order valence-corrected chi connectivity index (χ1v) is 8.27. The zero-order chi connectivity index (χ0) is 18.0. The van der Waals surface area contributed by atoms with Gasteiger partial charge in [-0.15, -0.1) is 0 Å². The summed E-state index contributed by atoms with van der Waals surface area (Å²) < 4.78 is 16.1. The highest BCUT2D eigenvalue weighted by Gasteiger charge is 2.37. The molecule has 1 aromatic rings. The first-order chi connectivity index (χ1) is 12.0. The molecule has 7 nitrogen and oxygen atoms in total. The minimum atomic E-state index is -0.530. The Morgan fingerprint density at radius 1 is 1.40 bits per heavy atom. The van der Waals surface area contributed by atoms with Gasteiger partial charge in [0, 0.05) is 24.7 Å². The fourth-order valence-corrected chi connectivity index (χ4v) is 2.92. The smallest absolute Gasteiger partial charge is 0.311 e. The lowest BCUT2D eigenvalue weighted by Crippen LogP contribution is -2.30. The molecule has 2 heterocycles. The van der Waals surface area contributed by atoms with Gasteiger partial charge in [-0.05, 0) is 18.1 Å². The van der Waals surface area contributed by atoms with Crippen molar-refractivity contribution < 1.29 is 23.8 Å². The largest absolute Gasteiger partial charge is 0.461 e. The average molecular weight is 344 g/mol. The number of nitriles is 1. The molecule has 0 bridgehead atoms. The molecule has 0 saturated carbocycles. The van der Waals surface area contributed by atoms with E-state index in [0.29, 0.717) is 17.2 Å². The Labute approximate surface area is 146 Å². The number of amides is 1. The van der Waals surface area contributed by atoms with Crippen molar-refractivity contribution in [2.45, 2.75) is 32.8 Å². The van der Waals surface area contributed by atoms with Crippen molar-refractivity contribution in [3.8, 4) is 17.6 Å². The van der Waals surface area contributed by atoms with Gasteiger partial charge in [0.05, 0.1) is 18.4 Å². The number of carbonyl (C=O) groups excluding carboxylic acids is 2. The molecule has 0 radical (unpaired) electrons. The van der Waals surface area contributed by atoms with E-state index in [1.54, 1.807) is 23.1 Å². The van der Waals surface area contributed by atoms with Gasteiger partial charge in [0.25, 0.3) is 0 Å². The molecule has 0 spiro atoms. The summed E-state index contributed by atoms with van der Waals surface area (Å²) in [6.45, 7) is 4.22. The second kappa shape index (κ2) is 7.01. The van der Waals surface area contributed by atoms with Crippen LogP contribution in [0.4, 0.5) is 5.69 Å². The Morgan fingerprint density at radius 2 is 2.16 bits per heavy atom. The van der Waals surface area contributed by atoms with Gasteiger partial charge >= 0.3 is 5.97 Å². The quantitative estimate of drug-likeness (QED) is 0.761. The summed E-state index contributed by atoms with van der Waals surface area (Å²) in [5, 5.41) is 8.85. The second-order valence-electron chi connectivity index (χ2n) is 6.52. The number of hydrogen-bond donors (Lipinski definition) is 0. The lowest BCUT2D eigenvalue weighted by atomic mass is 10.0. The molecule has 1 amide bonds. The molecular formula is C18H20N2O5. The second-order valence-corrected chi connectivity index (χ2v) is 6.52. The van der Waals surface area contributed by atoms with Crippen LogP contribution in [0.1, 0.15) is 26.7 Å². The number of ether oxygens (including phenoxy) is 3. The highest BCUT2D eigenvalue weighted by atomic mass is 16.7. The van der Waals surface area contributed by atoms with Gasteiger partial charge in [0.2, 0.25) is 12.7 Å². The van der Waals surface area contributed by atoms with Crippen LogP contribution in [0.25, 0.3) is 0 Å². The predicted octanol–water partition coefficient (Wildman–Crippen LogP) is 2.25. The van der Waals surface area contributed by atoms with Crippen LogP contribution < -0.4 is 14.4 Å². The number of nitrogens with zero attached hydrogens (tertiary/aromatic N) is 2. The van der Waals surface area contributed by atoms with Crippen LogP contribution in [0.15, 0.2) is 18.2 Å². The van der Waals surface area contributed by atoms with Gasteiger partial charge in [-0.1, -0.05) is 13.8 Å². The van der Waals surface area contributed by atoms with Crippen molar-refractivity contribution in [2.24, 2.45) is 11.8 Å². The minimum absolute atomic E-state index is 0.0469. The van der Waals surface area contributed by atoms with E-state index in [1.807, 2.05) is 19.9 Å². The zero-order valence-corrected chi connectivity index (χ0v) is 14.2. The molecular weight excluding hydrogens is 324 g/mol. The number of hydrogen-bond acceptors (Lipinski definition) is 6. The van der Waals surface area contributed by atoms with Crippen LogP contribution in [0, 0.1) is 23.2 Å². The Balaban J connectivity index is 1.68. The summed E-state index contributed by atoms with van der Waals surface area (Å²) in [4.78, 5) is 26.3. The van der Waals surface area contributed by atoms with Gasteiger partial charge in [-0.3, -0.25) is 9.59 Å². The Morgan fingerprint density at radius 3 is 2.88 bits per heavy atom. The minimum Gasteiger partial charge on any atom is -0.461 e. The molecule has 7 heteroatoms. The number of benzene rings is 1. The summed E-state index contributed by atoms with van der Waals surface area (Å²) in [7, 11) is 0. The van der Waals surface area contributed by atoms with E-state index in [2.05, 4.69) is 0 Å². The van der Waals surface area contributed by atoms with E-state index < -0.39 is 18.0 Å². The molecule has 25 heavy (non-hydrogen) atoms. The van der Waals surface area contributed by atoms with Crippen LogP contribution in [-0.4, -0.2) is 31.3 Å². The molecule has 2 atom stereocenters. The van der Waals surface area contributed by atoms with Crippen LogP contribution in [0.5, 0.6) is 11.5 Å². The van der Waals surface area contributed by atoms with Gasteiger partial charge < -0.3 is 19.1 Å². The van der Waals surface area contributed by atoms with Crippen LogP contribution in [0.2, 0.25) is 0 Å². The molecule has 2 aliphatic rings. The van der Waals surface area contributed by atoms with Crippen molar-refractivity contribution in [1.82, 2.24) is 0 Å². The monoisotopic (exact) mass is 344 g/mol. The summed E-state index contributed by atoms with van der Waals surface area (Å²) in [6.07, 6.45) is -0.201. The molecule has 0 aromatic heterocycles. The summed E-state index contributed by atoms with van der Waals surface area (Å²) in [5.41, 5.74) is 0.669. The lowest BCUT2D eigenvalue weighted by Gasteiger charge is -2.21. The van der Waals surface area contributed by atoms with E-state index in [0.717, 1.165) is 0 Å². The lowest BCUT2D eigenvalue weighted by molar-refractivity contribution is -0.155. The van der Waals surface area contributed by atoms with E-state index in [1.165, 1.54) is 0 Å². The summed E-state index contributed by atoms with van der Waals surface area (Å²) >= 11 is 0. The van der Waals surface area contributed by atoms with Crippen LogP contribution in [0.3, 0.4) is 0 Å². The molecule has 0 N–H and O–H groups in total. The normalized spacial score (nSPS) is 19.8. The SMILES string of the molecule is CC(C)C(CC#N)OC(=O)C1CC(=O)N(c2ccc3c(c2)OCO3)C1. The molecule has 1 fully saturated rings. The van der Waals surface area contributed by atoms with E-state index in [4.69, 9.17) is 19.5 Å². The van der Waals surface area contributed by atoms with Crippen molar-refractivity contribution >= 4 is 17.6 Å². The highest BCUT2D eigenvalue weighted by molar-refractivity contribution is 5.99. The number of anilines is 1. The van der Waals surface area contributed by atoms with E-state index in [-0.39, 0.29) is 38.0 Å². The summed E-state index contributed by atoms with van der Waals surface area (Å²) in [5.74, 6) is 0.184. The molecule has 1 aromatic carbocycles. The topological polar surface area (TPSA) is 88.9 Å². The zero-order valence-electron chi connectivity index (χ0n) is 14.2. The van der Waals surface area contributed by atoms with Crippen molar-refractivity contribution in [3.05, 3.63) is 18.2 Å². The number of rotatable bonds is 5. The van der Waals surface area contributed by atoms with Crippen molar-refractivity contribution in [3.63, 3.8) is 0 Å². The molecule has 3 rings (SSSR count). The third kappa shape index (κ3) is 3.53. The maximum absolute atomic E-state index is 12.4. The van der Waals surface area contributed by atoms with Gasteiger partial charge in [0.1, 0.15) is 6.10 Å². The third-order valence-corrected chi connectivity index (χ3v) is 4.43. The van der Waals surface area contributed by atoms with Gasteiger partial charge in [-0.2, -0.15) is 5.26 Å². The van der Waals surface area contributed by atoms with Gasteiger partial charge in [0.15, 0.2) is 11.5 Å². The van der Waals surface area contributed by atoms with Crippen LogP contribution >= 0.6 is 0 Å². The third-order valence-electron chi connectivity index (χ3n) is 4.43. The van der Waals surface area contributed by atoms with E-state index >= 15 is 0 Å². The molecule has 0 aliphatic carbocycles. The standard InChI is InChI=1S/C18H20N2O5/c1-11(2)14(5-6-19)25-18(22)12-7-17(21)20(9-12)13-3-4-15-16(8-13)24-10-23-15/h3-4,8,11-12,14H,5,7,9-10H2,1-2H3. The van der Waals surface area contributed by atoms with Crippen molar-refractivity contribution in [2.75, 3.05) is 18.2 Å². The summed E-state index contributed by atoms with van der Waals surface area (Å²) in [6, 6.07) is 7.29. The molecule has 132 valence electrons. The number of carbonyl (C=O) groups is 2. The van der Waals surface area contributed by atoms with Crippen molar-refractivity contribution in [1.29, 1.82) is 5.26 Å². The van der Waals surface area contributed by atoms with E-state index in [9.17, 15) is 9.59 Å². The fraction of sp³-hybridized carbons (Fsp3) is 0.500. The Kier molecular flexibility index (Phi) is 4.79. The maximum atomic E-state index is 12.4. The molecule has 1 saturated heterocycles.